The van der Waals surface area contributed by atoms with Crippen LogP contribution in [0.25, 0.3) is 0 Å². The Morgan fingerprint density at radius 2 is 2.12 bits per heavy atom. The number of nitrogens with zero attached hydrogens (tertiary/aromatic N) is 1. The van der Waals surface area contributed by atoms with Crippen LogP contribution < -0.4 is 5.32 Å². The van der Waals surface area contributed by atoms with Crippen molar-refractivity contribution in [2.45, 2.75) is 13.3 Å². The minimum atomic E-state index is -0.338. The third-order valence-corrected chi connectivity index (χ3v) is 2.39. The third-order valence-electron chi connectivity index (χ3n) is 2.39. The number of nitro groups is 1. The average molecular weight is 238 g/mol. The van der Waals surface area contributed by atoms with Crippen molar-refractivity contribution in [1.82, 2.24) is 5.32 Å². The number of benzene rings is 1. The molecule has 0 fully saturated rings. The van der Waals surface area contributed by atoms with Crippen LogP contribution in [0.15, 0.2) is 24.3 Å². The second-order valence-corrected chi connectivity index (χ2v) is 3.58. The Bertz CT molecular complexity index is 355. The van der Waals surface area contributed by atoms with E-state index >= 15 is 0 Å². The number of ether oxygens (including phenoxy) is 1. The summed E-state index contributed by atoms with van der Waals surface area (Å²) < 4.78 is 5.18. The van der Waals surface area contributed by atoms with Crippen LogP contribution in [0.3, 0.4) is 0 Å². The monoisotopic (exact) mass is 238 g/mol. The van der Waals surface area contributed by atoms with Crippen molar-refractivity contribution in [1.29, 1.82) is 0 Å². The fraction of sp³-hybridized carbons (Fsp3) is 0.500. The van der Waals surface area contributed by atoms with Gasteiger partial charge in [-0.3, -0.25) is 10.1 Å². The Morgan fingerprint density at radius 1 is 1.35 bits per heavy atom. The van der Waals surface area contributed by atoms with E-state index in [-0.39, 0.29) is 10.6 Å². The molecule has 17 heavy (non-hydrogen) atoms. The topological polar surface area (TPSA) is 64.4 Å². The lowest BCUT2D eigenvalue weighted by molar-refractivity contribution is -0.385. The normalized spacial score (nSPS) is 10.4. The minimum Gasteiger partial charge on any atom is -0.380 e. The maximum absolute atomic E-state index is 10.8. The summed E-state index contributed by atoms with van der Waals surface area (Å²) in [5.74, 6) is 0. The van der Waals surface area contributed by atoms with Gasteiger partial charge in [-0.05, 0) is 19.9 Å². The predicted molar refractivity (Wildman–Crippen MR) is 66.2 cm³/mol. The molecule has 0 unspecified atom stereocenters. The summed E-state index contributed by atoms with van der Waals surface area (Å²) in [5.41, 5.74) is 0.959. The van der Waals surface area contributed by atoms with E-state index in [0.717, 1.165) is 18.7 Å². The first-order valence-electron chi connectivity index (χ1n) is 5.76. The fourth-order valence-electron chi connectivity index (χ4n) is 1.54. The molecule has 0 heterocycles. The first-order chi connectivity index (χ1) is 8.25. The average Bonchev–Trinajstić information content (AvgIpc) is 2.34. The Morgan fingerprint density at radius 3 is 2.82 bits per heavy atom. The van der Waals surface area contributed by atoms with Gasteiger partial charge in [0.05, 0.1) is 11.5 Å². The first-order valence-corrected chi connectivity index (χ1v) is 5.76. The van der Waals surface area contributed by atoms with Gasteiger partial charge in [0.1, 0.15) is 0 Å². The highest BCUT2D eigenvalue weighted by Crippen LogP contribution is 2.17. The molecule has 5 heteroatoms. The van der Waals surface area contributed by atoms with E-state index < -0.39 is 0 Å². The number of hydrogen-bond donors (Lipinski definition) is 1. The van der Waals surface area contributed by atoms with Crippen LogP contribution in [0.1, 0.15) is 12.5 Å². The van der Waals surface area contributed by atoms with Gasteiger partial charge in [0, 0.05) is 24.8 Å². The van der Waals surface area contributed by atoms with Gasteiger partial charge in [0.15, 0.2) is 0 Å². The first kappa shape index (κ1) is 13.6. The van der Waals surface area contributed by atoms with Gasteiger partial charge in [-0.1, -0.05) is 18.2 Å². The summed E-state index contributed by atoms with van der Waals surface area (Å²) in [6, 6.07) is 6.84. The van der Waals surface area contributed by atoms with Gasteiger partial charge in [-0.25, -0.2) is 0 Å². The SMILES string of the molecule is CCOCCNCCc1ccccc1[N+](=O)[O-]. The highest BCUT2D eigenvalue weighted by molar-refractivity contribution is 5.39. The van der Waals surface area contributed by atoms with Gasteiger partial charge in [0.2, 0.25) is 0 Å². The molecule has 0 aromatic heterocycles. The Labute approximate surface area is 101 Å². The van der Waals surface area contributed by atoms with Gasteiger partial charge in [0.25, 0.3) is 5.69 Å². The second kappa shape index (κ2) is 7.76. The van der Waals surface area contributed by atoms with Crippen LogP contribution in [0.2, 0.25) is 0 Å². The Hall–Kier alpha value is -1.46. The highest BCUT2D eigenvalue weighted by Gasteiger charge is 2.10. The molecule has 1 aromatic carbocycles. The maximum atomic E-state index is 10.8. The van der Waals surface area contributed by atoms with Crippen molar-refractivity contribution >= 4 is 5.69 Å². The van der Waals surface area contributed by atoms with Crippen molar-refractivity contribution in [2.24, 2.45) is 0 Å². The van der Waals surface area contributed by atoms with Gasteiger partial charge < -0.3 is 10.1 Å². The van der Waals surface area contributed by atoms with Crippen LogP contribution in [0.5, 0.6) is 0 Å². The molecule has 0 spiro atoms. The fourth-order valence-corrected chi connectivity index (χ4v) is 1.54. The molecule has 0 aliphatic rings. The number of nitrogens with one attached hydrogen (secondary N) is 1. The lowest BCUT2D eigenvalue weighted by Crippen LogP contribution is -2.22. The molecule has 0 radical (unpaired) electrons. The standard InChI is InChI=1S/C12H18N2O3/c1-2-17-10-9-13-8-7-11-5-3-4-6-12(11)14(15)16/h3-6,13H,2,7-10H2,1H3. The Kier molecular flexibility index (Phi) is 6.21. The number of nitro benzene ring substituents is 1. The lowest BCUT2D eigenvalue weighted by Gasteiger charge is -2.05. The van der Waals surface area contributed by atoms with E-state index in [2.05, 4.69) is 5.32 Å². The molecule has 0 aliphatic heterocycles. The van der Waals surface area contributed by atoms with Crippen molar-refractivity contribution in [3.05, 3.63) is 39.9 Å². The van der Waals surface area contributed by atoms with Crippen LogP contribution in [0, 0.1) is 10.1 Å². The molecule has 0 bridgehead atoms. The Balaban J connectivity index is 2.34. The molecule has 5 nitrogen and oxygen atoms in total. The predicted octanol–water partition coefficient (Wildman–Crippen LogP) is 1.76. The van der Waals surface area contributed by atoms with Crippen LogP contribution in [-0.4, -0.2) is 31.2 Å². The van der Waals surface area contributed by atoms with Crippen molar-refractivity contribution in [2.75, 3.05) is 26.3 Å². The van der Waals surface area contributed by atoms with Gasteiger partial charge >= 0.3 is 0 Å². The van der Waals surface area contributed by atoms with Crippen molar-refractivity contribution in [3.8, 4) is 0 Å². The number of rotatable bonds is 8. The van der Waals surface area contributed by atoms with E-state index in [0.29, 0.717) is 19.6 Å². The quantitative estimate of drug-likeness (QED) is 0.426. The van der Waals surface area contributed by atoms with E-state index in [4.69, 9.17) is 4.74 Å². The molecule has 0 aliphatic carbocycles. The molecule has 94 valence electrons. The lowest BCUT2D eigenvalue weighted by atomic mass is 10.1. The molecule has 1 N–H and O–H groups in total. The minimum absolute atomic E-state index is 0.194. The molecular weight excluding hydrogens is 220 g/mol. The van der Waals surface area contributed by atoms with Crippen molar-refractivity contribution in [3.63, 3.8) is 0 Å². The number of hydrogen-bond acceptors (Lipinski definition) is 4. The molecular formula is C12H18N2O3. The van der Waals surface area contributed by atoms with Crippen molar-refractivity contribution < 1.29 is 9.66 Å². The molecule has 0 saturated heterocycles. The molecule has 0 amide bonds. The van der Waals surface area contributed by atoms with E-state index in [1.54, 1.807) is 12.1 Å². The summed E-state index contributed by atoms with van der Waals surface area (Å²) in [4.78, 5) is 10.4. The zero-order valence-corrected chi connectivity index (χ0v) is 10.0. The number of para-hydroxylation sites is 1. The van der Waals surface area contributed by atoms with Gasteiger partial charge in [-0.15, -0.1) is 0 Å². The summed E-state index contributed by atoms with van der Waals surface area (Å²) in [5, 5.41) is 13.9. The molecule has 1 rings (SSSR count). The molecule has 1 aromatic rings. The zero-order chi connectivity index (χ0) is 12.5. The van der Waals surface area contributed by atoms with E-state index in [1.165, 1.54) is 6.07 Å². The summed E-state index contributed by atoms with van der Waals surface area (Å²) in [7, 11) is 0. The highest BCUT2D eigenvalue weighted by atomic mass is 16.6. The largest absolute Gasteiger partial charge is 0.380 e. The summed E-state index contributed by atoms with van der Waals surface area (Å²) in [6.45, 7) is 4.83. The van der Waals surface area contributed by atoms with Crippen LogP contribution >= 0.6 is 0 Å². The third kappa shape index (κ3) is 4.93. The van der Waals surface area contributed by atoms with E-state index in [9.17, 15) is 10.1 Å². The van der Waals surface area contributed by atoms with Crippen LogP contribution in [-0.2, 0) is 11.2 Å². The summed E-state index contributed by atoms with van der Waals surface area (Å²) >= 11 is 0. The van der Waals surface area contributed by atoms with E-state index in [1.807, 2.05) is 13.0 Å². The molecule has 0 saturated carbocycles. The maximum Gasteiger partial charge on any atom is 0.272 e. The zero-order valence-electron chi connectivity index (χ0n) is 10.0. The smallest absolute Gasteiger partial charge is 0.272 e. The second-order valence-electron chi connectivity index (χ2n) is 3.58. The van der Waals surface area contributed by atoms with Gasteiger partial charge in [-0.2, -0.15) is 0 Å². The van der Waals surface area contributed by atoms with Crippen LogP contribution in [0.4, 0.5) is 5.69 Å². The molecule has 0 atom stereocenters. The summed E-state index contributed by atoms with van der Waals surface area (Å²) in [6.07, 6.45) is 0.656.